The third-order valence-corrected chi connectivity index (χ3v) is 33.6. The first-order valence-electron chi connectivity index (χ1n) is 19.1. The zero-order valence-corrected chi connectivity index (χ0v) is 37.7. The second kappa shape index (κ2) is 22.9. The Labute approximate surface area is 288 Å². The van der Waals surface area contributed by atoms with Gasteiger partial charge in [0.1, 0.15) is 0 Å². The van der Waals surface area contributed by atoms with Crippen LogP contribution in [0.5, 0.6) is 0 Å². The van der Waals surface area contributed by atoms with Gasteiger partial charge in [0.15, 0.2) is 0 Å². The van der Waals surface area contributed by atoms with E-state index in [9.17, 15) is 0 Å². The van der Waals surface area contributed by atoms with Gasteiger partial charge in [0.25, 0.3) is 0 Å². The van der Waals surface area contributed by atoms with Crippen LogP contribution in [0.1, 0.15) is 166 Å². The van der Waals surface area contributed by atoms with Crippen LogP contribution in [0, 0.1) is 5.92 Å². The first-order chi connectivity index (χ1) is 20.6. The van der Waals surface area contributed by atoms with Crippen molar-refractivity contribution < 1.29 is 0 Å². The summed E-state index contributed by atoms with van der Waals surface area (Å²) in [4.78, 5) is 19.4. The van der Waals surface area contributed by atoms with Crippen LogP contribution in [0.15, 0.2) is 12.1 Å². The van der Waals surface area contributed by atoms with Crippen molar-refractivity contribution in [1.82, 2.24) is 0 Å². The molecule has 0 N–H and O–H groups in total. The van der Waals surface area contributed by atoms with E-state index in [0.29, 0.717) is 0 Å². The van der Waals surface area contributed by atoms with Crippen molar-refractivity contribution in [3.05, 3.63) is 22.6 Å². The van der Waals surface area contributed by atoms with E-state index in [-0.39, 0.29) is 0 Å². The van der Waals surface area contributed by atoms with Crippen molar-refractivity contribution in [2.75, 3.05) is 0 Å². The zero-order chi connectivity index (χ0) is 31.6. The quantitative estimate of drug-likeness (QED) is 0.0698. The zero-order valence-electron chi connectivity index (χ0n) is 30.4. The number of allylic oxidation sites excluding steroid dienone is 1. The average molecular weight is 845 g/mol. The van der Waals surface area contributed by atoms with Crippen LogP contribution in [-0.2, 0) is 6.42 Å². The van der Waals surface area contributed by atoms with E-state index in [4.69, 9.17) is 0 Å². The van der Waals surface area contributed by atoms with Crippen LogP contribution in [0.25, 0.3) is 4.91 Å². The van der Waals surface area contributed by atoms with Gasteiger partial charge in [-0.05, 0) is 0 Å². The van der Waals surface area contributed by atoms with Crippen LogP contribution in [0.2, 0.25) is 29.6 Å². The fraction of sp³-hybridized carbons (Fsp3) is 0.846. The van der Waals surface area contributed by atoms with Gasteiger partial charge in [-0.3, -0.25) is 0 Å². The summed E-state index contributed by atoms with van der Waals surface area (Å²) in [6, 6.07) is 2.70. The Morgan fingerprint density at radius 3 is 1.56 bits per heavy atom. The van der Waals surface area contributed by atoms with Crippen LogP contribution >= 0.6 is 23.1 Å². The number of thiophene rings is 1. The van der Waals surface area contributed by atoms with Gasteiger partial charge in [-0.25, -0.2) is 0 Å². The fourth-order valence-corrected chi connectivity index (χ4v) is 23.5. The molecule has 2 rings (SSSR count). The van der Waals surface area contributed by atoms with E-state index in [2.05, 4.69) is 78.7 Å². The summed E-state index contributed by atoms with van der Waals surface area (Å²) < 4.78 is 2.81. The first kappa shape index (κ1) is 40.6. The second-order valence-corrected chi connectivity index (χ2v) is 50.4. The first-order valence-corrected chi connectivity index (χ1v) is 41.0. The summed E-state index contributed by atoms with van der Waals surface area (Å²) in [6.45, 7) is 4.64. The van der Waals surface area contributed by atoms with Crippen LogP contribution in [0.3, 0.4) is 0 Å². The Morgan fingerprint density at radius 2 is 1.09 bits per heavy atom. The molecule has 0 amide bonds. The van der Waals surface area contributed by atoms with Gasteiger partial charge >= 0.3 is 257 Å². The molecule has 0 radical (unpaired) electrons. The van der Waals surface area contributed by atoms with Crippen molar-refractivity contribution in [1.29, 1.82) is 0 Å². The molecule has 1 aliphatic rings. The molecule has 1 aliphatic heterocycles. The average Bonchev–Trinajstić information content (AvgIpc) is 3.39. The number of rotatable bonds is 25. The maximum absolute atomic E-state index is 2.77. The summed E-state index contributed by atoms with van der Waals surface area (Å²) in [5.41, 5.74) is 1.76. The number of aryl methyl sites for hydroxylation is 1. The van der Waals surface area contributed by atoms with E-state index in [1.54, 1.807) is 15.3 Å². The predicted octanol–water partition coefficient (Wildman–Crippen LogP) is 14.4. The molecular weight excluding hydrogens is 770 g/mol. The standard InChI is InChI=1S/C33H56S2.6CH3.2Sn/c1-3-5-7-9-11-13-15-17-19-21-23-30-25-26-34-32(27-30)33-28-31(29-35-33)24-22-20-18-16-14-12-10-8-6-4-2;;;;;;;;/h26-28,30H,3-25H2,1-2H3;6*1H3;;. The number of hydrogen-bond donors (Lipinski definition) is 0. The molecule has 0 spiro atoms. The van der Waals surface area contributed by atoms with E-state index in [1.165, 1.54) is 148 Å². The van der Waals surface area contributed by atoms with Gasteiger partial charge in [0.05, 0.1) is 0 Å². The number of unbranched alkanes of at least 4 members (excludes halogenated alkanes) is 18. The van der Waals surface area contributed by atoms with Crippen molar-refractivity contribution >= 4 is 67.7 Å². The summed E-state index contributed by atoms with van der Waals surface area (Å²) in [7, 11) is 0. The summed E-state index contributed by atoms with van der Waals surface area (Å²) >= 11 is 0.403. The van der Waals surface area contributed by atoms with E-state index >= 15 is 0 Å². The third-order valence-electron chi connectivity index (χ3n) is 9.60. The van der Waals surface area contributed by atoms with Crippen molar-refractivity contribution in [2.24, 2.45) is 5.92 Å². The normalized spacial score (nSPS) is 17.9. The molecule has 1 aromatic heterocycles. The minimum absolute atomic E-state index is 0.820. The molecule has 0 saturated heterocycles. The topological polar surface area (TPSA) is 0 Å². The molecule has 2 unspecified atom stereocenters. The second-order valence-electron chi connectivity index (χ2n) is 16.1. The molecule has 0 saturated carbocycles. The van der Waals surface area contributed by atoms with E-state index in [0.717, 1.165) is 9.18 Å². The Balaban J connectivity index is 1.92. The predicted molar refractivity (Wildman–Crippen MR) is 210 cm³/mol. The third kappa shape index (κ3) is 17.4. The van der Waals surface area contributed by atoms with E-state index in [1.807, 2.05) is 2.89 Å². The Morgan fingerprint density at radius 1 is 0.628 bits per heavy atom. The Hall–Kier alpha value is 1.39. The molecule has 0 bridgehead atoms. The van der Waals surface area contributed by atoms with Gasteiger partial charge in [-0.1, -0.05) is 33.1 Å². The van der Waals surface area contributed by atoms with Gasteiger partial charge in [0, 0.05) is 0 Å². The molecule has 2 heterocycles. The molecule has 43 heavy (non-hydrogen) atoms. The molecular formula is C39H74S2Sn2. The Kier molecular flexibility index (Phi) is 21.6. The van der Waals surface area contributed by atoms with Gasteiger partial charge in [-0.2, -0.15) is 0 Å². The maximum atomic E-state index is 2.77. The van der Waals surface area contributed by atoms with Crippen molar-refractivity contribution in [2.45, 2.75) is 194 Å². The van der Waals surface area contributed by atoms with E-state index < -0.39 is 36.8 Å². The fourth-order valence-electron chi connectivity index (χ4n) is 6.74. The van der Waals surface area contributed by atoms with Crippen molar-refractivity contribution in [3.8, 4) is 0 Å². The van der Waals surface area contributed by atoms with Crippen molar-refractivity contribution in [3.63, 3.8) is 0 Å². The van der Waals surface area contributed by atoms with Gasteiger partial charge in [0.2, 0.25) is 0 Å². The molecule has 2 atom stereocenters. The summed E-state index contributed by atoms with van der Waals surface area (Å²) in [6.07, 6.45) is 35.8. The summed E-state index contributed by atoms with van der Waals surface area (Å²) in [5.74, 6) is 0.820. The van der Waals surface area contributed by atoms with Gasteiger partial charge < -0.3 is 0 Å². The van der Waals surface area contributed by atoms with Crippen LogP contribution in [-0.4, -0.2) is 40.0 Å². The SMILES string of the molecule is CCCCCCCCCCCCc1cc(C2=CC(CCCCCCCCCCCC)C[CH]([Sn]([CH3])([CH3])[CH3])S2)s[c]1[Sn]([CH3])([CH3])[CH3]. The van der Waals surface area contributed by atoms with Crippen LogP contribution < -0.4 is 2.89 Å². The van der Waals surface area contributed by atoms with Gasteiger partial charge in [-0.15, -0.1) is 0 Å². The minimum atomic E-state index is -2.15. The number of thioether (sulfide) groups is 1. The molecule has 0 nitrogen and oxygen atoms in total. The molecule has 0 fully saturated rings. The molecule has 0 aliphatic carbocycles. The van der Waals surface area contributed by atoms with Crippen LogP contribution in [0.4, 0.5) is 0 Å². The summed E-state index contributed by atoms with van der Waals surface area (Å²) in [5, 5.41) is 0. The number of hydrogen-bond acceptors (Lipinski definition) is 2. The monoisotopic (exact) mass is 846 g/mol. The molecule has 250 valence electrons. The molecule has 0 aromatic carbocycles. The molecule has 4 heteroatoms. The Bertz CT molecular complexity index is 873. The molecule has 1 aromatic rings.